The van der Waals surface area contributed by atoms with Gasteiger partial charge in [-0.1, -0.05) is 12.1 Å². The van der Waals surface area contributed by atoms with E-state index in [-0.39, 0.29) is 23.0 Å². The van der Waals surface area contributed by atoms with E-state index in [2.05, 4.69) is 0 Å². The second-order valence-corrected chi connectivity index (χ2v) is 9.12. The lowest BCUT2D eigenvalue weighted by Crippen LogP contribution is -2.32. The maximum absolute atomic E-state index is 13.5. The highest BCUT2D eigenvalue weighted by Gasteiger charge is 2.55. The van der Waals surface area contributed by atoms with Crippen LogP contribution in [0.3, 0.4) is 0 Å². The normalized spacial score (nSPS) is 21.5. The molecule has 0 aliphatic carbocycles. The molecule has 202 valence electrons. The molecule has 0 aromatic heterocycles. The van der Waals surface area contributed by atoms with Crippen molar-refractivity contribution in [2.24, 2.45) is 5.92 Å². The zero-order valence-electron chi connectivity index (χ0n) is 21.3. The first-order chi connectivity index (χ1) is 18.7. The molecule has 2 aliphatic rings. The number of carbonyl (C=O) groups is 2. The molecule has 1 fully saturated rings. The van der Waals surface area contributed by atoms with Crippen molar-refractivity contribution in [3.63, 3.8) is 0 Å². The molecule has 10 nitrogen and oxygen atoms in total. The number of rotatable bonds is 7. The zero-order chi connectivity index (χ0) is 27.8. The Hall–Kier alpha value is -4.86. The highest BCUT2D eigenvalue weighted by molar-refractivity contribution is 5.86. The first-order valence-corrected chi connectivity index (χ1v) is 12.0. The van der Waals surface area contributed by atoms with Crippen molar-refractivity contribution in [2.45, 2.75) is 18.1 Å². The summed E-state index contributed by atoms with van der Waals surface area (Å²) >= 11 is 0. The van der Waals surface area contributed by atoms with Crippen LogP contribution in [0.2, 0.25) is 0 Å². The summed E-state index contributed by atoms with van der Waals surface area (Å²) in [5, 5.41) is 29.4. The van der Waals surface area contributed by atoms with Crippen LogP contribution in [0.15, 0.2) is 54.6 Å². The van der Waals surface area contributed by atoms with Gasteiger partial charge in [0, 0.05) is 17.6 Å². The van der Waals surface area contributed by atoms with Crippen LogP contribution >= 0.6 is 0 Å². The van der Waals surface area contributed by atoms with Crippen molar-refractivity contribution in [1.82, 2.24) is 0 Å². The van der Waals surface area contributed by atoms with Crippen molar-refractivity contribution < 1.29 is 48.6 Å². The third-order valence-electron chi connectivity index (χ3n) is 6.97. The van der Waals surface area contributed by atoms with Crippen molar-refractivity contribution >= 4 is 18.0 Å². The van der Waals surface area contributed by atoms with Crippen LogP contribution in [-0.4, -0.2) is 48.6 Å². The Kier molecular flexibility index (Phi) is 6.69. The minimum Gasteiger partial charge on any atom is -0.504 e. The number of esters is 1. The summed E-state index contributed by atoms with van der Waals surface area (Å²) < 4.78 is 28.6. The van der Waals surface area contributed by atoms with E-state index >= 15 is 0 Å². The van der Waals surface area contributed by atoms with E-state index in [0.29, 0.717) is 33.8 Å². The summed E-state index contributed by atoms with van der Waals surface area (Å²) in [6.07, 6.45) is 0.812. The number of fused-ring (bicyclic) bond motifs is 3. The number of cyclic esters (lactones) is 1. The summed E-state index contributed by atoms with van der Waals surface area (Å²) in [6, 6.07) is 12.8. The topological polar surface area (TPSA) is 141 Å². The lowest BCUT2D eigenvalue weighted by Gasteiger charge is -2.36. The largest absolute Gasteiger partial charge is 0.504 e. The number of ether oxygens (including phenoxy) is 5. The fraction of sp³-hybridized carbons (Fsp3) is 0.241. The standard InChI is InChI=1S/C29H26O10/c1-35-20-12-15(5-7-18(20)30)26-24-17-10-14(4-9-23(32)33)11-22(37-3)28(17)38-27(25(24)29(34)39-26)16-6-8-19(31)21(13-16)36-2/h4-13,24-27,30-31H,1-3H3,(H,32,33). The van der Waals surface area contributed by atoms with Crippen molar-refractivity contribution in [3.8, 4) is 34.5 Å². The molecule has 3 aromatic carbocycles. The Labute approximate surface area is 223 Å². The van der Waals surface area contributed by atoms with E-state index in [1.165, 1.54) is 39.5 Å². The molecule has 10 heteroatoms. The SMILES string of the molecule is COc1cc(C2Oc3c(OC)cc(C=CC(=O)O)cc3C3C(c4ccc(O)c(OC)c4)OC(=O)C23)ccc1O. The first-order valence-electron chi connectivity index (χ1n) is 12.0. The van der Waals surface area contributed by atoms with Crippen molar-refractivity contribution in [1.29, 1.82) is 0 Å². The summed E-state index contributed by atoms with van der Waals surface area (Å²) in [4.78, 5) is 24.7. The zero-order valence-corrected chi connectivity index (χ0v) is 21.3. The van der Waals surface area contributed by atoms with Crippen LogP contribution in [-0.2, 0) is 14.3 Å². The van der Waals surface area contributed by atoms with Crippen LogP contribution in [0.25, 0.3) is 6.08 Å². The minimum absolute atomic E-state index is 0.0636. The predicted octanol–water partition coefficient (Wildman–Crippen LogP) is 4.35. The monoisotopic (exact) mass is 534 g/mol. The molecule has 2 heterocycles. The number of phenols is 2. The van der Waals surface area contributed by atoms with E-state index in [1.54, 1.807) is 36.4 Å². The fourth-order valence-corrected chi connectivity index (χ4v) is 5.21. The number of aromatic hydroxyl groups is 2. The van der Waals surface area contributed by atoms with Crippen LogP contribution in [0.1, 0.15) is 40.4 Å². The number of carboxylic acid groups (broad SMARTS) is 1. The van der Waals surface area contributed by atoms with E-state index in [0.717, 1.165) is 6.08 Å². The van der Waals surface area contributed by atoms with Gasteiger partial charge >= 0.3 is 11.9 Å². The molecule has 39 heavy (non-hydrogen) atoms. The molecular formula is C29H26O10. The summed E-state index contributed by atoms with van der Waals surface area (Å²) in [7, 11) is 4.31. The van der Waals surface area contributed by atoms with Gasteiger partial charge in [-0.25, -0.2) is 4.79 Å². The fourth-order valence-electron chi connectivity index (χ4n) is 5.21. The van der Waals surface area contributed by atoms with E-state index in [9.17, 15) is 19.8 Å². The van der Waals surface area contributed by atoms with E-state index in [4.69, 9.17) is 28.8 Å². The van der Waals surface area contributed by atoms with Crippen molar-refractivity contribution in [2.75, 3.05) is 21.3 Å². The van der Waals surface area contributed by atoms with Gasteiger partial charge in [0.25, 0.3) is 0 Å². The Morgan fingerprint density at radius 3 is 1.90 bits per heavy atom. The predicted molar refractivity (Wildman–Crippen MR) is 137 cm³/mol. The minimum atomic E-state index is -1.12. The number of aliphatic carboxylic acids is 1. The average molecular weight is 535 g/mol. The van der Waals surface area contributed by atoms with Gasteiger partial charge in [-0.15, -0.1) is 0 Å². The van der Waals surface area contributed by atoms with Gasteiger partial charge in [-0.3, -0.25) is 4.79 Å². The Balaban J connectivity index is 1.72. The number of phenolic OH excluding ortho intramolecular Hbond substituents is 2. The molecule has 3 aromatic rings. The Morgan fingerprint density at radius 2 is 1.36 bits per heavy atom. The number of methoxy groups -OCH3 is 3. The summed E-state index contributed by atoms with van der Waals surface area (Å²) in [5.41, 5.74) is 2.28. The number of hydrogen-bond donors (Lipinski definition) is 3. The van der Waals surface area contributed by atoms with Gasteiger partial charge in [0.15, 0.2) is 34.5 Å². The van der Waals surface area contributed by atoms with Crippen LogP contribution in [0.5, 0.6) is 34.5 Å². The second kappa shape index (κ2) is 10.1. The summed E-state index contributed by atoms with van der Waals surface area (Å²) in [6.45, 7) is 0. The molecule has 0 bridgehead atoms. The molecule has 0 spiro atoms. The lowest BCUT2D eigenvalue weighted by molar-refractivity contribution is -0.146. The third kappa shape index (κ3) is 4.54. The number of benzene rings is 3. The molecular weight excluding hydrogens is 508 g/mol. The van der Waals surface area contributed by atoms with Gasteiger partial charge in [-0.05, 0) is 59.2 Å². The quantitative estimate of drug-likeness (QED) is 0.296. The third-order valence-corrected chi connectivity index (χ3v) is 6.97. The maximum Gasteiger partial charge on any atom is 0.328 e. The molecule has 0 radical (unpaired) electrons. The highest BCUT2D eigenvalue weighted by Crippen LogP contribution is 2.59. The van der Waals surface area contributed by atoms with Crippen LogP contribution in [0.4, 0.5) is 0 Å². The molecule has 2 aliphatic heterocycles. The van der Waals surface area contributed by atoms with Gasteiger partial charge in [0.05, 0.1) is 21.3 Å². The van der Waals surface area contributed by atoms with Crippen LogP contribution in [0, 0.1) is 5.92 Å². The van der Waals surface area contributed by atoms with Gasteiger partial charge in [0.2, 0.25) is 0 Å². The lowest BCUT2D eigenvalue weighted by atomic mass is 9.74. The van der Waals surface area contributed by atoms with Gasteiger partial charge in [-0.2, -0.15) is 0 Å². The van der Waals surface area contributed by atoms with E-state index in [1.807, 2.05) is 0 Å². The highest BCUT2D eigenvalue weighted by atomic mass is 16.6. The second-order valence-electron chi connectivity index (χ2n) is 9.12. The molecule has 4 unspecified atom stereocenters. The maximum atomic E-state index is 13.5. The average Bonchev–Trinajstić information content (AvgIpc) is 3.29. The molecule has 5 rings (SSSR count). The molecule has 0 amide bonds. The molecule has 3 N–H and O–H groups in total. The number of carbonyl (C=O) groups excluding carboxylic acids is 1. The summed E-state index contributed by atoms with van der Waals surface area (Å²) in [5.74, 6) is -2.02. The molecule has 0 saturated carbocycles. The van der Waals surface area contributed by atoms with E-state index < -0.39 is 36.0 Å². The first kappa shape index (κ1) is 25.8. The van der Waals surface area contributed by atoms with Gasteiger partial charge < -0.3 is 39.0 Å². The molecule has 1 saturated heterocycles. The van der Waals surface area contributed by atoms with Gasteiger partial charge in [0.1, 0.15) is 18.1 Å². The van der Waals surface area contributed by atoms with Crippen LogP contribution < -0.4 is 18.9 Å². The Morgan fingerprint density at radius 1 is 0.795 bits per heavy atom. The smallest absolute Gasteiger partial charge is 0.328 e. The Bertz CT molecular complexity index is 1480. The number of hydrogen-bond acceptors (Lipinski definition) is 9. The molecule has 4 atom stereocenters. The number of carboxylic acids is 1. The van der Waals surface area contributed by atoms with Crippen molar-refractivity contribution in [3.05, 3.63) is 76.9 Å².